The van der Waals surface area contributed by atoms with Gasteiger partial charge in [-0.25, -0.2) is 13.6 Å². The van der Waals surface area contributed by atoms with Gasteiger partial charge in [-0.2, -0.15) is 0 Å². The quantitative estimate of drug-likeness (QED) is 0.410. The van der Waals surface area contributed by atoms with E-state index in [-0.39, 0.29) is 11.8 Å². The van der Waals surface area contributed by atoms with Gasteiger partial charge in [0.15, 0.2) is 6.29 Å². The summed E-state index contributed by atoms with van der Waals surface area (Å²) in [4.78, 5) is 20.9. The Hall–Kier alpha value is -2.22. The number of methoxy groups -OCH3 is 1. The number of hydrogen-bond acceptors (Lipinski definition) is 3. The van der Waals surface area contributed by atoms with Gasteiger partial charge in [0.05, 0.1) is 12.7 Å². The Kier molecular flexibility index (Phi) is 3.72. The summed E-state index contributed by atoms with van der Waals surface area (Å²) in [5, 5.41) is 0. The maximum absolute atomic E-state index is 13.1. The molecule has 5 heteroatoms. The molecule has 16 heavy (non-hydrogen) atoms. The van der Waals surface area contributed by atoms with Gasteiger partial charge >= 0.3 is 5.97 Å². The van der Waals surface area contributed by atoms with Crippen molar-refractivity contribution in [2.75, 3.05) is 7.11 Å². The predicted molar refractivity (Wildman–Crippen MR) is 50.6 cm³/mol. The summed E-state index contributed by atoms with van der Waals surface area (Å²) in [5.74, 6) is 1.35. The van der Waals surface area contributed by atoms with Crippen LogP contribution in [0.3, 0.4) is 0 Å². The molecule has 82 valence electrons. The Labute approximate surface area is 90.0 Å². The molecule has 0 N–H and O–H groups in total. The maximum Gasteiger partial charge on any atom is 0.384 e. The molecule has 0 aliphatic heterocycles. The highest BCUT2D eigenvalue weighted by Gasteiger charge is 2.09. The summed E-state index contributed by atoms with van der Waals surface area (Å²) >= 11 is 0. The lowest BCUT2D eigenvalue weighted by Crippen LogP contribution is -1.97. The van der Waals surface area contributed by atoms with Crippen molar-refractivity contribution >= 4 is 12.3 Å². The number of halogens is 2. The van der Waals surface area contributed by atoms with E-state index in [1.807, 2.05) is 5.92 Å². The molecule has 0 fully saturated rings. The Morgan fingerprint density at radius 2 is 1.94 bits per heavy atom. The molecule has 1 aromatic carbocycles. The van der Waals surface area contributed by atoms with Crippen molar-refractivity contribution in [1.29, 1.82) is 0 Å². The summed E-state index contributed by atoms with van der Waals surface area (Å²) in [5.41, 5.74) is -0.713. The van der Waals surface area contributed by atoms with Crippen molar-refractivity contribution in [1.82, 2.24) is 0 Å². The van der Waals surface area contributed by atoms with Crippen molar-refractivity contribution in [3.63, 3.8) is 0 Å². The van der Waals surface area contributed by atoms with E-state index in [0.29, 0.717) is 0 Å². The van der Waals surface area contributed by atoms with Gasteiger partial charge in [0.25, 0.3) is 0 Å². The van der Waals surface area contributed by atoms with Gasteiger partial charge in [-0.15, -0.1) is 0 Å². The normalized spacial score (nSPS) is 8.94. The Balaban J connectivity index is 3.13. The van der Waals surface area contributed by atoms with Gasteiger partial charge < -0.3 is 4.74 Å². The highest BCUT2D eigenvalue weighted by atomic mass is 19.1. The zero-order valence-corrected chi connectivity index (χ0v) is 8.21. The van der Waals surface area contributed by atoms with E-state index in [1.54, 1.807) is 0 Å². The maximum atomic E-state index is 13.1. The van der Waals surface area contributed by atoms with Gasteiger partial charge in [-0.1, -0.05) is 5.92 Å². The Morgan fingerprint density at radius 3 is 2.38 bits per heavy atom. The fourth-order valence-electron chi connectivity index (χ4n) is 0.943. The summed E-state index contributed by atoms with van der Waals surface area (Å²) in [6.45, 7) is 0. The first kappa shape index (κ1) is 11.9. The highest BCUT2D eigenvalue weighted by Crippen LogP contribution is 2.12. The predicted octanol–water partition coefficient (Wildman–Crippen LogP) is 1.30. The summed E-state index contributed by atoms with van der Waals surface area (Å²) < 4.78 is 30.3. The van der Waals surface area contributed by atoms with Crippen molar-refractivity contribution in [2.24, 2.45) is 0 Å². The molecule has 0 bridgehead atoms. The number of esters is 1. The molecule has 3 nitrogen and oxygen atoms in total. The topological polar surface area (TPSA) is 43.4 Å². The van der Waals surface area contributed by atoms with E-state index < -0.39 is 23.2 Å². The summed E-state index contributed by atoms with van der Waals surface area (Å²) in [7, 11) is 1.13. The Morgan fingerprint density at radius 1 is 1.38 bits per heavy atom. The van der Waals surface area contributed by atoms with Crippen LogP contribution in [0.15, 0.2) is 12.1 Å². The third-order valence-corrected chi connectivity index (χ3v) is 1.69. The number of carbonyl (C=O) groups excluding carboxylic acids is 2. The van der Waals surface area contributed by atoms with Gasteiger partial charge in [-0.05, 0) is 12.1 Å². The highest BCUT2D eigenvalue weighted by molar-refractivity contribution is 5.89. The number of ether oxygens (including phenoxy) is 1. The molecule has 0 unspecified atom stereocenters. The smallest absolute Gasteiger partial charge is 0.384 e. The molecule has 0 saturated heterocycles. The number of rotatable bonds is 1. The molecule has 0 spiro atoms. The minimum Gasteiger partial charge on any atom is -0.459 e. The first-order chi connectivity index (χ1) is 7.58. The summed E-state index contributed by atoms with van der Waals surface area (Å²) in [6.07, 6.45) is 0.0716. The van der Waals surface area contributed by atoms with Crippen molar-refractivity contribution in [3.05, 3.63) is 34.9 Å². The lowest BCUT2D eigenvalue weighted by atomic mass is 10.1. The van der Waals surface area contributed by atoms with E-state index in [4.69, 9.17) is 0 Å². The van der Waals surface area contributed by atoms with E-state index in [1.165, 1.54) is 0 Å². The van der Waals surface area contributed by atoms with Crippen LogP contribution in [0.2, 0.25) is 0 Å². The number of aldehydes is 1. The van der Waals surface area contributed by atoms with E-state index in [2.05, 4.69) is 10.7 Å². The molecule has 1 rings (SSSR count). The number of benzene rings is 1. The molecule has 0 aliphatic rings. The molecular weight excluding hydrogens is 218 g/mol. The molecule has 1 aromatic rings. The van der Waals surface area contributed by atoms with E-state index in [0.717, 1.165) is 19.2 Å². The Bertz CT molecular complexity index is 475. The standard InChI is InChI=1S/C11H6F2O3/c1-16-11(15)3-2-7-4-9(12)8(6-14)10(13)5-7/h4-6H,1H3. The van der Waals surface area contributed by atoms with Gasteiger partial charge in [0, 0.05) is 11.5 Å². The molecule has 0 atom stereocenters. The largest absolute Gasteiger partial charge is 0.459 e. The fourth-order valence-corrected chi connectivity index (χ4v) is 0.943. The van der Waals surface area contributed by atoms with Crippen molar-refractivity contribution in [2.45, 2.75) is 0 Å². The molecule has 0 aromatic heterocycles. The van der Waals surface area contributed by atoms with Crippen molar-refractivity contribution in [3.8, 4) is 11.8 Å². The second-order valence-corrected chi connectivity index (χ2v) is 2.71. The first-order valence-electron chi connectivity index (χ1n) is 4.12. The average molecular weight is 224 g/mol. The third-order valence-electron chi connectivity index (χ3n) is 1.69. The molecular formula is C11H6F2O3. The van der Waals surface area contributed by atoms with Crippen LogP contribution in [0.4, 0.5) is 8.78 Å². The fraction of sp³-hybridized carbons (Fsp3) is 0.0909. The molecule has 0 radical (unpaired) electrons. The second-order valence-electron chi connectivity index (χ2n) is 2.71. The van der Waals surface area contributed by atoms with Crippen LogP contribution >= 0.6 is 0 Å². The monoisotopic (exact) mass is 224 g/mol. The molecule has 0 saturated carbocycles. The average Bonchev–Trinajstić information content (AvgIpc) is 2.25. The van der Waals surface area contributed by atoms with E-state index >= 15 is 0 Å². The lowest BCUT2D eigenvalue weighted by molar-refractivity contribution is -0.133. The first-order valence-corrected chi connectivity index (χ1v) is 4.12. The van der Waals surface area contributed by atoms with Crippen molar-refractivity contribution < 1.29 is 23.1 Å². The molecule has 0 heterocycles. The van der Waals surface area contributed by atoms with Crippen LogP contribution in [0.5, 0.6) is 0 Å². The lowest BCUT2D eigenvalue weighted by Gasteiger charge is -1.97. The SMILES string of the molecule is COC(=O)C#Cc1cc(F)c(C=O)c(F)c1. The molecule has 0 aliphatic carbocycles. The van der Waals surface area contributed by atoms with Crippen LogP contribution in [0, 0.1) is 23.5 Å². The van der Waals surface area contributed by atoms with Crippen LogP contribution in [-0.2, 0) is 9.53 Å². The minimum atomic E-state index is -1.02. The van der Waals surface area contributed by atoms with E-state index in [9.17, 15) is 18.4 Å². The van der Waals surface area contributed by atoms with Crippen LogP contribution in [0.25, 0.3) is 0 Å². The summed E-state index contributed by atoms with van der Waals surface area (Å²) in [6, 6.07) is 1.73. The minimum absolute atomic E-state index is 0.0500. The van der Waals surface area contributed by atoms with Gasteiger partial charge in [0.2, 0.25) is 0 Å². The third kappa shape index (κ3) is 2.64. The van der Waals surface area contributed by atoms with Gasteiger partial charge in [-0.3, -0.25) is 4.79 Å². The van der Waals surface area contributed by atoms with Gasteiger partial charge in [0.1, 0.15) is 11.6 Å². The van der Waals surface area contributed by atoms with Crippen LogP contribution in [-0.4, -0.2) is 19.4 Å². The zero-order chi connectivity index (χ0) is 12.1. The van der Waals surface area contributed by atoms with Crippen LogP contribution < -0.4 is 0 Å². The van der Waals surface area contributed by atoms with Crippen LogP contribution in [0.1, 0.15) is 15.9 Å². The number of hydrogen-bond donors (Lipinski definition) is 0. The number of carbonyl (C=O) groups is 2. The second kappa shape index (κ2) is 5.03. The zero-order valence-electron chi connectivity index (χ0n) is 8.21. The molecule has 0 amide bonds.